The van der Waals surface area contributed by atoms with E-state index in [1.165, 1.54) is 22.3 Å². The normalized spacial score (nSPS) is 10.7. The number of anilines is 1. The van der Waals surface area contributed by atoms with Crippen LogP contribution in [0.1, 0.15) is 22.3 Å². The van der Waals surface area contributed by atoms with Gasteiger partial charge in [0, 0.05) is 5.69 Å². The second kappa shape index (κ2) is 7.67. The SMILES string of the molecule is Cc1c(N)ccc(Cc2ccccc2)c1C.O=C(O)C(F)(F)F. The van der Waals surface area contributed by atoms with Crippen LogP contribution in [-0.2, 0) is 11.2 Å². The molecule has 0 saturated heterocycles. The minimum atomic E-state index is -5.08. The number of nitrogens with two attached hydrogens (primary N) is 1. The van der Waals surface area contributed by atoms with Crippen molar-refractivity contribution in [1.29, 1.82) is 0 Å². The Morgan fingerprint density at radius 1 is 1.04 bits per heavy atom. The van der Waals surface area contributed by atoms with Crippen molar-refractivity contribution in [2.24, 2.45) is 0 Å². The number of halogens is 3. The van der Waals surface area contributed by atoms with Gasteiger partial charge in [-0.1, -0.05) is 36.4 Å². The molecule has 0 aliphatic rings. The molecule has 0 spiro atoms. The lowest BCUT2D eigenvalue weighted by Crippen LogP contribution is -2.21. The maximum atomic E-state index is 10.6. The van der Waals surface area contributed by atoms with Crippen LogP contribution >= 0.6 is 0 Å². The predicted molar refractivity (Wildman–Crippen MR) is 83.3 cm³/mol. The molecule has 0 radical (unpaired) electrons. The molecule has 0 aromatic heterocycles. The van der Waals surface area contributed by atoms with Crippen LogP contribution < -0.4 is 5.73 Å². The molecule has 0 atom stereocenters. The summed E-state index contributed by atoms with van der Waals surface area (Å²) in [6.07, 6.45) is -4.10. The molecule has 0 heterocycles. The molecular weight excluding hydrogens is 307 g/mol. The molecule has 0 fully saturated rings. The van der Waals surface area contributed by atoms with Gasteiger partial charge in [0.15, 0.2) is 0 Å². The first-order valence-electron chi connectivity index (χ1n) is 6.81. The van der Waals surface area contributed by atoms with Crippen molar-refractivity contribution in [2.75, 3.05) is 5.73 Å². The molecular formula is C17H18F3NO2. The summed E-state index contributed by atoms with van der Waals surface area (Å²) >= 11 is 0. The van der Waals surface area contributed by atoms with E-state index in [1.807, 2.05) is 12.1 Å². The molecule has 0 aliphatic heterocycles. The summed E-state index contributed by atoms with van der Waals surface area (Å²) in [4.78, 5) is 8.90. The Hall–Kier alpha value is -2.50. The third kappa shape index (κ3) is 5.65. The Bertz CT molecular complexity index is 668. The molecule has 0 bridgehead atoms. The lowest BCUT2D eigenvalue weighted by molar-refractivity contribution is -0.192. The Morgan fingerprint density at radius 2 is 1.57 bits per heavy atom. The number of hydrogen-bond donors (Lipinski definition) is 2. The van der Waals surface area contributed by atoms with Gasteiger partial charge in [0.2, 0.25) is 0 Å². The highest BCUT2D eigenvalue weighted by Gasteiger charge is 2.38. The summed E-state index contributed by atoms with van der Waals surface area (Å²) in [5, 5.41) is 7.12. The number of carboxylic acids is 1. The van der Waals surface area contributed by atoms with Crippen LogP contribution in [0.2, 0.25) is 0 Å². The van der Waals surface area contributed by atoms with Crippen LogP contribution in [0.4, 0.5) is 18.9 Å². The van der Waals surface area contributed by atoms with Crippen LogP contribution in [0.3, 0.4) is 0 Å². The molecule has 0 saturated carbocycles. The molecule has 2 aromatic carbocycles. The molecule has 0 amide bonds. The van der Waals surface area contributed by atoms with Crippen molar-refractivity contribution in [3.05, 3.63) is 64.7 Å². The van der Waals surface area contributed by atoms with E-state index in [1.54, 1.807) is 0 Å². The van der Waals surface area contributed by atoms with E-state index >= 15 is 0 Å². The number of carbonyl (C=O) groups is 1. The summed E-state index contributed by atoms with van der Waals surface area (Å²) in [6.45, 7) is 4.23. The zero-order chi connectivity index (χ0) is 17.6. The smallest absolute Gasteiger partial charge is 0.475 e. The quantitative estimate of drug-likeness (QED) is 0.817. The fraction of sp³-hybridized carbons (Fsp3) is 0.235. The van der Waals surface area contributed by atoms with Crippen LogP contribution in [0, 0.1) is 13.8 Å². The van der Waals surface area contributed by atoms with E-state index in [0.717, 1.165) is 12.1 Å². The molecule has 3 nitrogen and oxygen atoms in total. The van der Waals surface area contributed by atoms with E-state index in [0.29, 0.717) is 0 Å². The molecule has 23 heavy (non-hydrogen) atoms. The summed E-state index contributed by atoms with van der Waals surface area (Å²) in [5.41, 5.74) is 12.0. The summed E-state index contributed by atoms with van der Waals surface area (Å²) in [6, 6.07) is 14.6. The average Bonchev–Trinajstić information content (AvgIpc) is 2.49. The summed E-state index contributed by atoms with van der Waals surface area (Å²) < 4.78 is 31.7. The second-order valence-corrected chi connectivity index (χ2v) is 5.03. The second-order valence-electron chi connectivity index (χ2n) is 5.03. The van der Waals surface area contributed by atoms with E-state index in [4.69, 9.17) is 15.6 Å². The zero-order valence-electron chi connectivity index (χ0n) is 12.8. The Labute approximate surface area is 132 Å². The molecule has 0 unspecified atom stereocenters. The van der Waals surface area contributed by atoms with Crippen molar-refractivity contribution >= 4 is 11.7 Å². The minimum Gasteiger partial charge on any atom is -0.475 e. The van der Waals surface area contributed by atoms with Gasteiger partial charge in [0.25, 0.3) is 0 Å². The highest BCUT2D eigenvalue weighted by atomic mass is 19.4. The average molecular weight is 325 g/mol. The standard InChI is InChI=1S/C15H17N.C2HF3O2/c1-11-12(2)15(16)9-8-14(11)10-13-6-4-3-5-7-13;3-2(4,5)1(6)7/h3-9H,10,16H2,1-2H3;(H,6,7). The molecule has 0 aliphatic carbocycles. The van der Waals surface area contributed by atoms with E-state index in [-0.39, 0.29) is 0 Å². The number of benzene rings is 2. The van der Waals surface area contributed by atoms with E-state index in [2.05, 4.69) is 44.2 Å². The largest absolute Gasteiger partial charge is 0.490 e. The van der Waals surface area contributed by atoms with Gasteiger partial charge in [-0.25, -0.2) is 4.79 Å². The first-order chi connectivity index (χ1) is 10.6. The summed E-state index contributed by atoms with van der Waals surface area (Å²) in [7, 11) is 0. The van der Waals surface area contributed by atoms with Gasteiger partial charge < -0.3 is 10.8 Å². The van der Waals surface area contributed by atoms with Crippen molar-refractivity contribution < 1.29 is 23.1 Å². The van der Waals surface area contributed by atoms with Gasteiger partial charge in [-0.2, -0.15) is 13.2 Å². The molecule has 2 rings (SSSR count). The number of nitrogen functional groups attached to an aromatic ring is 1. The van der Waals surface area contributed by atoms with Gasteiger partial charge in [-0.15, -0.1) is 0 Å². The van der Waals surface area contributed by atoms with Crippen LogP contribution in [0.15, 0.2) is 42.5 Å². The first-order valence-corrected chi connectivity index (χ1v) is 6.81. The number of hydrogen-bond acceptors (Lipinski definition) is 2. The van der Waals surface area contributed by atoms with Crippen molar-refractivity contribution in [3.63, 3.8) is 0 Å². The monoisotopic (exact) mass is 325 g/mol. The topological polar surface area (TPSA) is 63.3 Å². The highest BCUT2D eigenvalue weighted by Crippen LogP contribution is 2.21. The zero-order valence-corrected chi connectivity index (χ0v) is 12.8. The van der Waals surface area contributed by atoms with Crippen LogP contribution in [0.5, 0.6) is 0 Å². The lowest BCUT2D eigenvalue weighted by atomic mass is 9.96. The Balaban J connectivity index is 0.000000322. The number of aliphatic carboxylic acids is 1. The van der Waals surface area contributed by atoms with Gasteiger partial charge in [-0.05, 0) is 48.6 Å². The van der Waals surface area contributed by atoms with Crippen LogP contribution in [-0.4, -0.2) is 17.3 Å². The van der Waals surface area contributed by atoms with Crippen molar-refractivity contribution in [2.45, 2.75) is 26.4 Å². The van der Waals surface area contributed by atoms with Crippen LogP contribution in [0.25, 0.3) is 0 Å². The van der Waals surface area contributed by atoms with Gasteiger partial charge in [-0.3, -0.25) is 0 Å². The Kier molecular flexibility index (Phi) is 6.18. The number of rotatable bonds is 2. The van der Waals surface area contributed by atoms with Crippen molar-refractivity contribution in [3.8, 4) is 0 Å². The highest BCUT2D eigenvalue weighted by molar-refractivity contribution is 5.73. The third-order valence-electron chi connectivity index (χ3n) is 3.42. The number of carboxylic acid groups (broad SMARTS) is 1. The van der Waals surface area contributed by atoms with Gasteiger partial charge in [0.1, 0.15) is 0 Å². The molecule has 2 aromatic rings. The Morgan fingerprint density at radius 3 is 2.04 bits per heavy atom. The van der Waals surface area contributed by atoms with E-state index in [9.17, 15) is 13.2 Å². The predicted octanol–water partition coefficient (Wildman–Crippen LogP) is 4.11. The van der Waals surface area contributed by atoms with Gasteiger partial charge >= 0.3 is 12.1 Å². The lowest BCUT2D eigenvalue weighted by Gasteiger charge is -2.11. The fourth-order valence-electron chi connectivity index (χ4n) is 1.90. The maximum Gasteiger partial charge on any atom is 0.490 e. The first kappa shape index (κ1) is 18.5. The van der Waals surface area contributed by atoms with Crippen molar-refractivity contribution in [1.82, 2.24) is 0 Å². The fourth-order valence-corrected chi connectivity index (χ4v) is 1.90. The third-order valence-corrected chi connectivity index (χ3v) is 3.42. The van der Waals surface area contributed by atoms with E-state index < -0.39 is 12.1 Å². The minimum absolute atomic E-state index is 0.884. The van der Waals surface area contributed by atoms with Gasteiger partial charge in [0.05, 0.1) is 0 Å². The molecule has 6 heteroatoms. The maximum absolute atomic E-state index is 10.6. The summed E-state index contributed by atoms with van der Waals surface area (Å²) in [5.74, 6) is -2.76. The molecule has 3 N–H and O–H groups in total. The number of alkyl halides is 3. The molecule has 124 valence electrons.